The number of nitrogens with zero attached hydrogens (tertiary/aromatic N) is 1. The van der Waals surface area contributed by atoms with Crippen LogP contribution < -0.4 is 11.2 Å². The van der Waals surface area contributed by atoms with Gasteiger partial charge in [0, 0.05) is 22.0 Å². The van der Waals surface area contributed by atoms with Crippen LogP contribution in [-0.2, 0) is 0 Å². The molecule has 0 aliphatic rings. The number of fused-ring (bicyclic) bond motifs is 1. The molecule has 5 N–H and O–H groups in total. The summed E-state index contributed by atoms with van der Waals surface area (Å²) in [6, 6.07) is 12.3. The highest BCUT2D eigenvalue weighted by Crippen LogP contribution is 2.32. The molecule has 1 aromatic heterocycles. The van der Waals surface area contributed by atoms with Crippen molar-refractivity contribution >= 4 is 34.2 Å². The molecule has 0 saturated carbocycles. The number of H-pyrrole nitrogens is 1. The summed E-state index contributed by atoms with van der Waals surface area (Å²) in [7, 11) is 0. The molecule has 0 saturated heterocycles. The van der Waals surface area contributed by atoms with E-state index in [1.165, 1.54) is 6.07 Å². The lowest BCUT2D eigenvalue weighted by atomic mass is 10.0. The van der Waals surface area contributed by atoms with Crippen molar-refractivity contribution < 1.29 is 4.39 Å². The third-order valence-corrected chi connectivity index (χ3v) is 3.91. The van der Waals surface area contributed by atoms with Gasteiger partial charge >= 0.3 is 0 Å². The lowest BCUT2D eigenvalue weighted by Gasteiger charge is -2.06. The lowest BCUT2D eigenvalue weighted by molar-refractivity contribution is 0.628. The second kappa shape index (κ2) is 6.33. The van der Waals surface area contributed by atoms with E-state index >= 15 is 0 Å². The van der Waals surface area contributed by atoms with Gasteiger partial charge in [0.05, 0.1) is 16.4 Å². The molecule has 0 fully saturated rings. The van der Waals surface area contributed by atoms with Crippen LogP contribution in [0.15, 0.2) is 47.6 Å². The van der Waals surface area contributed by atoms with Crippen molar-refractivity contribution in [2.45, 2.75) is 6.92 Å². The summed E-state index contributed by atoms with van der Waals surface area (Å²) >= 11 is 5.92. The van der Waals surface area contributed by atoms with Crippen LogP contribution in [0.3, 0.4) is 0 Å². The Hall–Kier alpha value is -2.86. The van der Waals surface area contributed by atoms with Gasteiger partial charge in [-0.25, -0.2) is 9.82 Å². The van der Waals surface area contributed by atoms with E-state index in [-0.39, 0.29) is 11.0 Å². The summed E-state index contributed by atoms with van der Waals surface area (Å²) in [4.78, 5) is 3.32. The minimum absolute atomic E-state index is 0.0496. The van der Waals surface area contributed by atoms with E-state index in [1.807, 2.05) is 24.3 Å². The normalized spacial score (nSPS) is 11.7. The van der Waals surface area contributed by atoms with Gasteiger partial charge in [-0.3, -0.25) is 5.41 Å². The molecule has 1 heterocycles. The smallest absolute Gasteiger partial charge is 0.206 e. The zero-order chi connectivity index (χ0) is 17.3. The topological polar surface area (TPSA) is 90.1 Å². The lowest BCUT2D eigenvalue weighted by Crippen LogP contribution is -2.26. The number of rotatable bonds is 3. The maximum Gasteiger partial charge on any atom is 0.206 e. The van der Waals surface area contributed by atoms with Crippen LogP contribution in [-0.4, -0.2) is 16.7 Å². The van der Waals surface area contributed by atoms with Gasteiger partial charge in [-0.1, -0.05) is 29.8 Å². The van der Waals surface area contributed by atoms with Crippen molar-refractivity contribution in [1.29, 1.82) is 5.41 Å². The molecule has 5 nitrogen and oxygen atoms in total. The number of para-hydroxylation sites is 1. The molecule has 0 spiro atoms. The van der Waals surface area contributed by atoms with Gasteiger partial charge in [0.1, 0.15) is 5.82 Å². The van der Waals surface area contributed by atoms with E-state index in [0.29, 0.717) is 5.71 Å². The van der Waals surface area contributed by atoms with Gasteiger partial charge in [0.2, 0.25) is 5.96 Å². The first kappa shape index (κ1) is 16.0. The maximum absolute atomic E-state index is 13.5. The van der Waals surface area contributed by atoms with E-state index in [2.05, 4.69) is 15.5 Å². The van der Waals surface area contributed by atoms with E-state index in [9.17, 15) is 4.39 Å². The zero-order valence-electron chi connectivity index (χ0n) is 12.8. The average molecular weight is 344 g/mol. The molecule has 0 unspecified atom stereocenters. The second-order valence-corrected chi connectivity index (χ2v) is 5.68. The number of hydrogen-bond acceptors (Lipinski definition) is 2. The Morgan fingerprint density at radius 3 is 2.75 bits per heavy atom. The molecule has 3 aromatic rings. The largest absolute Gasteiger partial charge is 0.369 e. The monoisotopic (exact) mass is 343 g/mol. The fourth-order valence-corrected chi connectivity index (χ4v) is 2.77. The number of guanidine groups is 1. The molecule has 0 bridgehead atoms. The molecule has 7 heteroatoms. The molecule has 122 valence electrons. The molecule has 0 amide bonds. The Labute approximate surface area is 142 Å². The predicted molar refractivity (Wildman–Crippen MR) is 96.0 cm³/mol. The molecular formula is C17H15ClFN5. The standard InChI is InChI=1S/C17H15ClFN5/c1-9(23-24-17(20)21)15-11-4-2-3-5-14(11)22-16(15)10-6-7-13(19)12(18)8-10/h2-8,22H,1H3,(H4,20,21,24)/b23-9-. The van der Waals surface area contributed by atoms with Gasteiger partial charge in [0.25, 0.3) is 0 Å². The number of aromatic amines is 1. The summed E-state index contributed by atoms with van der Waals surface area (Å²) in [5, 5.41) is 12.4. The number of nitrogens with one attached hydrogen (secondary N) is 3. The zero-order valence-corrected chi connectivity index (χ0v) is 13.6. The van der Waals surface area contributed by atoms with Gasteiger partial charge in [-0.05, 0) is 31.2 Å². The van der Waals surface area contributed by atoms with Crippen molar-refractivity contribution in [3.05, 3.63) is 58.9 Å². The van der Waals surface area contributed by atoms with Gasteiger partial charge < -0.3 is 10.7 Å². The Morgan fingerprint density at radius 2 is 2.04 bits per heavy atom. The SMILES string of the molecule is C/C(=N/NC(=N)N)c1c(-c2ccc(F)c(Cl)c2)[nH]c2ccccc12. The number of nitrogens with two attached hydrogens (primary N) is 1. The molecule has 0 atom stereocenters. The van der Waals surface area contributed by atoms with Crippen LogP contribution in [0.5, 0.6) is 0 Å². The molecule has 3 rings (SSSR count). The molecule has 0 radical (unpaired) electrons. The summed E-state index contributed by atoms with van der Waals surface area (Å²) in [6.07, 6.45) is 0. The molecule has 2 aromatic carbocycles. The van der Waals surface area contributed by atoms with E-state index < -0.39 is 5.82 Å². The Balaban J connectivity index is 2.23. The number of hydrogen-bond donors (Lipinski definition) is 4. The number of aromatic nitrogens is 1. The van der Waals surface area contributed by atoms with Crippen LogP contribution in [0.4, 0.5) is 4.39 Å². The average Bonchev–Trinajstić information content (AvgIpc) is 2.94. The molecule has 0 aliphatic heterocycles. The first-order chi connectivity index (χ1) is 11.5. The minimum atomic E-state index is -0.471. The van der Waals surface area contributed by atoms with E-state index in [4.69, 9.17) is 22.7 Å². The third-order valence-electron chi connectivity index (χ3n) is 3.62. The van der Waals surface area contributed by atoms with Crippen LogP contribution in [0.25, 0.3) is 22.2 Å². The summed E-state index contributed by atoms with van der Waals surface area (Å²) in [5.41, 5.74) is 11.6. The highest BCUT2D eigenvalue weighted by Gasteiger charge is 2.16. The number of halogens is 2. The summed E-state index contributed by atoms with van der Waals surface area (Å²) < 4.78 is 13.5. The van der Waals surface area contributed by atoms with Crippen LogP contribution in [0.1, 0.15) is 12.5 Å². The van der Waals surface area contributed by atoms with E-state index in [1.54, 1.807) is 19.1 Å². The first-order valence-corrected chi connectivity index (χ1v) is 7.56. The second-order valence-electron chi connectivity index (χ2n) is 5.27. The van der Waals surface area contributed by atoms with Crippen molar-refractivity contribution in [3.63, 3.8) is 0 Å². The quantitative estimate of drug-likeness (QED) is 0.330. The Morgan fingerprint density at radius 1 is 1.29 bits per heavy atom. The van der Waals surface area contributed by atoms with Gasteiger partial charge in [-0.15, -0.1) is 0 Å². The third kappa shape index (κ3) is 2.96. The molecule has 0 aliphatic carbocycles. The fourth-order valence-electron chi connectivity index (χ4n) is 2.59. The number of hydrazone groups is 1. The van der Waals surface area contributed by atoms with Crippen LogP contribution in [0.2, 0.25) is 5.02 Å². The van der Waals surface area contributed by atoms with Gasteiger partial charge in [-0.2, -0.15) is 5.10 Å². The molecular weight excluding hydrogens is 329 g/mol. The van der Waals surface area contributed by atoms with Crippen LogP contribution in [0, 0.1) is 11.2 Å². The number of benzene rings is 2. The predicted octanol–water partition coefficient (Wildman–Crippen LogP) is 3.83. The van der Waals surface area contributed by atoms with E-state index in [0.717, 1.165) is 27.7 Å². The maximum atomic E-state index is 13.5. The highest BCUT2D eigenvalue weighted by atomic mass is 35.5. The fraction of sp³-hybridized carbons (Fsp3) is 0.0588. The van der Waals surface area contributed by atoms with Crippen molar-refractivity contribution in [2.24, 2.45) is 10.8 Å². The Bertz CT molecular complexity index is 961. The van der Waals surface area contributed by atoms with Crippen molar-refractivity contribution in [2.75, 3.05) is 0 Å². The van der Waals surface area contributed by atoms with Crippen molar-refractivity contribution in [3.8, 4) is 11.3 Å². The highest BCUT2D eigenvalue weighted by molar-refractivity contribution is 6.31. The summed E-state index contributed by atoms with van der Waals surface area (Å²) in [6.45, 7) is 1.81. The first-order valence-electron chi connectivity index (χ1n) is 7.18. The molecule has 24 heavy (non-hydrogen) atoms. The summed E-state index contributed by atoms with van der Waals surface area (Å²) in [5.74, 6) is -0.720. The van der Waals surface area contributed by atoms with Crippen molar-refractivity contribution in [1.82, 2.24) is 10.4 Å². The Kier molecular flexibility index (Phi) is 4.22. The van der Waals surface area contributed by atoms with Crippen LogP contribution >= 0.6 is 11.6 Å². The van der Waals surface area contributed by atoms with Gasteiger partial charge in [0.15, 0.2) is 0 Å². The minimum Gasteiger partial charge on any atom is -0.369 e.